The SMILES string of the molecule is CC(C)(C)c1nn(CC2CCC(=O)N2)/c(=N/C(=O)c2cc(C(F)(F)F)ccc2F)s1. The number of carbonyl (C=O) groups excluding carboxylic acids is 2. The second-order valence-electron chi connectivity index (χ2n) is 8.03. The first-order chi connectivity index (χ1) is 13.8. The number of halogens is 4. The van der Waals surface area contributed by atoms with Gasteiger partial charge in [-0.3, -0.25) is 9.59 Å². The van der Waals surface area contributed by atoms with E-state index in [2.05, 4.69) is 15.4 Å². The standard InChI is InChI=1S/C19H20F4N4O2S/c1-18(2,3)16-26-27(9-11-5-7-14(28)24-11)17(30-16)25-15(29)12-8-10(19(21,22)23)4-6-13(12)20/h4,6,8,11H,5,7,9H2,1-3H3,(H,24,28)/b25-17-. The van der Waals surface area contributed by atoms with Crippen molar-refractivity contribution in [3.05, 3.63) is 45.0 Å². The highest BCUT2D eigenvalue weighted by molar-refractivity contribution is 7.09. The van der Waals surface area contributed by atoms with Crippen molar-refractivity contribution in [1.29, 1.82) is 0 Å². The topological polar surface area (TPSA) is 76.3 Å². The molecule has 162 valence electrons. The van der Waals surface area contributed by atoms with Crippen LogP contribution >= 0.6 is 11.3 Å². The Hall–Kier alpha value is -2.56. The molecule has 6 nitrogen and oxygen atoms in total. The molecule has 2 heterocycles. The van der Waals surface area contributed by atoms with Gasteiger partial charge in [0.05, 0.1) is 17.7 Å². The molecular formula is C19H20F4N4O2S. The molecule has 1 aliphatic heterocycles. The van der Waals surface area contributed by atoms with Crippen LogP contribution in [-0.4, -0.2) is 27.6 Å². The first-order valence-electron chi connectivity index (χ1n) is 9.18. The van der Waals surface area contributed by atoms with Crippen molar-refractivity contribution in [2.75, 3.05) is 0 Å². The fourth-order valence-electron chi connectivity index (χ4n) is 2.85. The Bertz CT molecular complexity index is 1050. The predicted molar refractivity (Wildman–Crippen MR) is 101 cm³/mol. The summed E-state index contributed by atoms with van der Waals surface area (Å²) in [5.41, 5.74) is -2.27. The van der Waals surface area contributed by atoms with E-state index in [9.17, 15) is 27.2 Å². The van der Waals surface area contributed by atoms with E-state index >= 15 is 0 Å². The Morgan fingerprint density at radius 3 is 2.60 bits per heavy atom. The summed E-state index contributed by atoms with van der Waals surface area (Å²) in [4.78, 5) is 28.0. The lowest BCUT2D eigenvalue weighted by atomic mass is 9.98. The molecule has 1 aromatic carbocycles. The van der Waals surface area contributed by atoms with Crippen molar-refractivity contribution in [2.45, 2.75) is 57.8 Å². The zero-order valence-corrected chi connectivity index (χ0v) is 17.3. The van der Waals surface area contributed by atoms with Gasteiger partial charge in [0, 0.05) is 17.9 Å². The number of nitrogens with one attached hydrogen (secondary N) is 1. The largest absolute Gasteiger partial charge is 0.416 e. The molecular weight excluding hydrogens is 424 g/mol. The van der Waals surface area contributed by atoms with Gasteiger partial charge in [-0.05, 0) is 24.6 Å². The number of carbonyl (C=O) groups is 2. The second kappa shape index (κ2) is 7.93. The quantitative estimate of drug-likeness (QED) is 0.737. The third kappa shape index (κ3) is 4.94. The molecule has 0 spiro atoms. The predicted octanol–water partition coefficient (Wildman–Crippen LogP) is 3.42. The lowest BCUT2D eigenvalue weighted by Crippen LogP contribution is -2.33. The monoisotopic (exact) mass is 444 g/mol. The van der Waals surface area contributed by atoms with E-state index in [1.165, 1.54) is 4.68 Å². The summed E-state index contributed by atoms with van der Waals surface area (Å²) >= 11 is 1.10. The van der Waals surface area contributed by atoms with E-state index in [0.29, 0.717) is 36.0 Å². The van der Waals surface area contributed by atoms with Gasteiger partial charge in [-0.2, -0.15) is 23.3 Å². The lowest BCUT2D eigenvalue weighted by molar-refractivity contribution is -0.137. The van der Waals surface area contributed by atoms with Gasteiger partial charge in [-0.25, -0.2) is 9.07 Å². The number of hydrogen-bond donors (Lipinski definition) is 1. The average molecular weight is 444 g/mol. The fourth-order valence-corrected chi connectivity index (χ4v) is 3.82. The first-order valence-corrected chi connectivity index (χ1v) is 10.00. The number of aromatic nitrogens is 2. The third-order valence-corrected chi connectivity index (χ3v) is 5.83. The normalized spacial score (nSPS) is 18.0. The van der Waals surface area contributed by atoms with E-state index in [0.717, 1.165) is 11.3 Å². The van der Waals surface area contributed by atoms with Gasteiger partial charge in [0.15, 0.2) is 0 Å². The zero-order chi connectivity index (χ0) is 22.3. The van der Waals surface area contributed by atoms with Crippen LogP contribution in [0.4, 0.5) is 17.6 Å². The molecule has 2 aromatic rings. The molecule has 1 saturated heterocycles. The maximum atomic E-state index is 14.1. The fraction of sp³-hybridized carbons (Fsp3) is 0.474. The minimum absolute atomic E-state index is 0.0903. The Balaban J connectivity index is 2.02. The molecule has 1 N–H and O–H groups in total. The van der Waals surface area contributed by atoms with Crippen LogP contribution in [0.1, 0.15) is 54.5 Å². The van der Waals surface area contributed by atoms with E-state index in [1.54, 1.807) is 0 Å². The number of rotatable bonds is 3. The van der Waals surface area contributed by atoms with Gasteiger partial charge >= 0.3 is 6.18 Å². The molecule has 1 aliphatic rings. The van der Waals surface area contributed by atoms with Gasteiger partial charge in [0.2, 0.25) is 10.7 Å². The molecule has 1 unspecified atom stereocenters. The Morgan fingerprint density at radius 1 is 1.33 bits per heavy atom. The maximum Gasteiger partial charge on any atom is 0.416 e. The van der Waals surface area contributed by atoms with Gasteiger partial charge in [0.25, 0.3) is 5.91 Å². The van der Waals surface area contributed by atoms with Crippen LogP contribution in [0.3, 0.4) is 0 Å². The van der Waals surface area contributed by atoms with Crippen LogP contribution in [0, 0.1) is 5.82 Å². The number of alkyl halides is 3. The summed E-state index contributed by atoms with van der Waals surface area (Å²) < 4.78 is 54.3. The number of amides is 2. The molecule has 30 heavy (non-hydrogen) atoms. The summed E-state index contributed by atoms with van der Waals surface area (Å²) in [5.74, 6) is -2.31. The minimum atomic E-state index is -4.72. The average Bonchev–Trinajstić information content (AvgIpc) is 3.20. The highest BCUT2D eigenvalue weighted by Gasteiger charge is 2.32. The third-order valence-electron chi connectivity index (χ3n) is 4.46. The van der Waals surface area contributed by atoms with Gasteiger partial charge < -0.3 is 5.32 Å². The molecule has 0 radical (unpaired) electrons. The minimum Gasteiger partial charge on any atom is -0.351 e. The molecule has 1 atom stereocenters. The van der Waals surface area contributed by atoms with Crippen molar-refractivity contribution in [2.24, 2.45) is 4.99 Å². The van der Waals surface area contributed by atoms with Crippen LogP contribution in [0.5, 0.6) is 0 Å². The summed E-state index contributed by atoms with van der Waals surface area (Å²) in [6.45, 7) is 5.97. The smallest absolute Gasteiger partial charge is 0.351 e. The molecule has 1 aromatic heterocycles. The molecule has 0 saturated carbocycles. The van der Waals surface area contributed by atoms with Crippen molar-refractivity contribution in [3.8, 4) is 0 Å². The van der Waals surface area contributed by atoms with E-state index < -0.39 is 29.0 Å². The van der Waals surface area contributed by atoms with Gasteiger partial charge in [-0.15, -0.1) is 0 Å². The zero-order valence-electron chi connectivity index (χ0n) is 16.5. The van der Waals surface area contributed by atoms with Crippen LogP contribution in [0.25, 0.3) is 0 Å². The van der Waals surface area contributed by atoms with Crippen molar-refractivity contribution < 1.29 is 27.2 Å². The molecule has 0 bridgehead atoms. The molecule has 3 rings (SSSR count). The van der Waals surface area contributed by atoms with E-state index in [4.69, 9.17) is 0 Å². The number of nitrogens with zero attached hydrogens (tertiary/aromatic N) is 3. The highest BCUT2D eigenvalue weighted by atomic mass is 32.1. The second-order valence-corrected chi connectivity index (χ2v) is 8.99. The first kappa shape index (κ1) is 22.1. The molecule has 2 amide bonds. The number of benzene rings is 1. The van der Waals surface area contributed by atoms with Gasteiger partial charge in [0.1, 0.15) is 10.8 Å². The van der Waals surface area contributed by atoms with Crippen LogP contribution < -0.4 is 10.1 Å². The van der Waals surface area contributed by atoms with Crippen molar-refractivity contribution in [1.82, 2.24) is 15.1 Å². The molecule has 0 aliphatic carbocycles. The molecule has 11 heteroatoms. The Labute approximate surface area is 173 Å². The van der Waals surface area contributed by atoms with Crippen LogP contribution in [-0.2, 0) is 22.9 Å². The molecule has 1 fully saturated rings. The van der Waals surface area contributed by atoms with E-state index in [1.807, 2.05) is 20.8 Å². The Kier molecular flexibility index (Phi) is 5.85. The lowest BCUT2D eigenvalue weighted by Gasteiger charge is -2.13. The number of hydrogen-bond acceptors (Lipinski definition) is 4. The summed E-state index contributed by atoms with van der Waals surface area (Å²) in [6.07, 6.45) is -3.75. The van der Waals surface area contributed by atoms with Crippen molar-refractivity contribution in [3.63, 3.8) is 0 Å². The van der Waals surface area contributed by atoms with E-state index in [-0.39, 0.29) is 28.7 Å². The maximum absolute atomic E-state index is 14.1. The van der Waals surface area contributed by atoms with Crippen molar-refractivity contribution >= 4 is 23.2 Å². The summed E-state index contributed by atoms with van der Waals surface area (Å²) in [5, 5.41) is 7.89. The van der Waals surface area contributed by atoms with Crippen LogP contribution in [0.15, 0.2) is 23.2 Å². The highest BCUT2D eigenvalue weighted by Crippen LogP contribution is 2.30. The summed E-state index contributed by atoms with van der Waals surface area (Å²) in [7, 11) is 0. The van der Waals surface area contributed by atoms with Gasteiger partial charge in [-0.1, -0.05) is 32.1 Å². The summed E-state index contributed by atoms with van der Waals surface area (Å²) in [6, 6.07) is 1.42. The van der Waals surface area contributed by atoms with Crippen LogP contribution in [0.2, 0.25) is 0 Å². The Morgan fingerprint density at radius 2 is 2.03 bits per heavy atom.